The molecule has 0 amide bonds. The van der Waals surface area contributed by atoms with Gasteiger partial charge in [-0.25, -0.2) is 9.48 Å². The minimum absolute atomic E-state index is 0.256. The van der Waals surface area contributed by atoms with Gasteiger partial charge in [0, 0.05) is 22.0 Å². The lowest BCUT2D eigenvalue weighted by molar-refractivity contribution is -0.143. The van der Waals surface area contributed by atoms with E-state index in [4.69, 9.17) is 31.2 Å². The molecule has 4 rings (SSSR count). The number of benzene rings is 2. The molecule has 0 saturated carbocycles. The lowest BCUT2D eigenvalue weighted by Crippen LogP contribution is -2.31. The van der Waals surface area contributed by atoms with Crippen LogP contribution in [0.15, 0.2) is 65.0 Å². The molecule has 9 heteroatoms. The number of halogens is 1. The number of carbonyl (C=O) groups excluding carboxylic acids is 1. The molecule has 7 nitrogen and oxygen atoms in total. The lowest BCUT2D eigenvalue weighted by atomic mass is 9.95. The van der Waals surface area contributed by atoms with E-state index in [0.29, 0.717) is 45.5 Å². The maximum absolute atomic E-state index is 13.3. The standard InChI is InChI=1S/C27H31ClN4O3S/c1-5-6-15-34-22-14-10-8-12-20(22)24-23(25(33)35-17(2)3)18(4)29-26-30-27(31-32(24)26)36-16-19-11-7-9-13-21(19)28/h7-14,17,24H,5-6,15-16H2,1-4H3,(H,29,30,31). The van der Waals surface area contributed by atoms with Crippen molar-refractivity contribution in [1.29, 1.82) is 0 Å². The first-order chi connectivity index (χ1) is 17.4. The number of nitrogens with one attached hydrogen (secondary N) is 1. The van der Waals surface area contributed by atoms with Crippen LogP contribution in [0.25, 0.3) is 0 Å². The van der Waals surface area contributed by atoms with Gasteiger partial charge in [0.05, 0.1) is 18.3 Å². The monoisotopic (exact) mass is 526 g/mol. The van der Waals surface area contributed by atoms with Gasteiger partial charge < -0.3 is 14.8 Å². The van der Waals surface area contributed by atoms with Crippen molar-refractivity contribution < 1.29 is 14.3 Å². The Bertz CT molecular complexity index is 1260. The highest BCUT2D eigenvalue weighted by molar-refractivity contribution is 7.98. The minimum atomic E-state index is -0.549. The van der Waals surface area contributed by atoms with Crippen LogP contribution in [0.2, 0.25) is 5.02 Å². The Morgan fingerprint density at radius 2 is 1.94 bits per heavy atom. The van der Waals surface area contributed by atoms with Gasteiger partial charge in [-0.05, 0) is 44.9 Å². The number of anilines is 1. The number of thioether (sulfide) groups is 1. The molecule has 0 aliphatic carbocycles. The summed E-state index contributed by atoms with van der Waals surface area (Å²) in [5.41, 5.74) is 3.00. The van der Waals surface area contributed by atoms with Gasteiger partial charge in [-0.15, -0.1) is 5.10 Å². The van der Waals surface area contributed by atoms with Gasteiger partial charge in [0.2, 0.25) is 11.1 Å². The average Bonchev–Trinajstić information content (AvgIpc) is 3.25. The summed E-state index contributed by atoms with van der Waals surface area (Å²) in [6.45, 7) is 8.25. The van der Waals surface area contributed by atoms with Crippen molar-refractivity contribution in [3.8, 4) is 5.75 Å². The molecule has 3 aromatic rings. The van der Waals surface area contributed by atoms with E-state index in [9.17, 15) is 4.79 Å². The van der Waals surface area contributed by atoms with Crippen LogP contribution in [-0.4, -0.2) is 33.4 Å². The molecule has 0 saturated heterocycles. The number of carbonyl (C=O) groups is 1. The van der Waals surface area contributed by atoms with Crippen molar-refractivity contribution in [2.45, 2.75) is 63.6 Å². The Labute approximate surface area is 221 Å². The Morgan fingerprint density at radius 3 is 2.69 bits per heavy atom. The first-order valence-corrected chi connectivity index (χ1v) is 13.5. The summed E-state index contributed by atoms with van der Waals surface area (Å²) < 4.78 is 13.5. The van der Waals surface area contributed by atoms with Gasteiger partial charge in [0.1, 0.15) is 11.8 Å². The number of allylic oxidation sites excluding steroid dienone is 1. The number of nitrogens with zero attached hydrogens (tertiary/aromatic N) is 3. The molecule has 0 bridgehead atoms. The van der Waals surface area contributed by atoms with Crippen molar-refractivity contribution in [2.75, 3.05) is 11.9 Å². The third-order valence-corrected chi connectivity index (χ3v) is 6.93. The number of hydrogen-bond acceptors (Lipinski definition) is 7. The van der Waals surface area contributed by atoms with Crippen LogP contribution in [0.4, 0.5) is 5.95 Å². The zero-order valence-corrected chi connectivity index (χ0v) is 22.5. The van der Waals surface area contributed by atoms with Gasteiger partial charge in [-0.1, -0.05) is 73.1 Å². The number of rotatable bonds is 10. The van der Waals surface area contributed by atoms with E-state index in [1.165, 1.54) is 11.8 Å². The second-order valence-corrected chi connectivity index (χ2v) is 10.2. The summed E-state index contributed by atoms with van der Waals surface area (Å²) in [6, 6.07) is 14.9. The van der Waals surface area contributed by atoms with Crippen molar-refractivity contribution in [2.24, 2.45) is 0 Å². The second-order valence-electron chi connectivity index (χ2n) is 8.80. The first kappa shape index (κ1) is 26.1. The fourth-order valence-corrected chi connectivity index (χ4v) is 5.06. The number of para-hydroxylation sites is 1. The zero-order valence-electron chi connectivity index (χ0n) is 21.0. The van der Waals surface area contributed by atoms with Gasteiger partial charge in [-0.2, -0.15) is 4.98 Å². The third-order valence-electron chi connectivity index (χ3n) is 5.68. The molecule has 36 heavy (non-hydrogen) atoms. The summed E-state index contributed by atoms with van der Waals surface area (Å²) in [5.74, 6) is 1.50. The summed E-state index contributed by atoms with van der Waals surface area (Å²) in [5, 5.41) is 9.35. The molecular formula is C27H31ClN4O3S. The molecule has 1 aliphatic heterocycles. The van der Waals surface area contributed by atoms with Crippen LogP contribution < -0.4 is 10.1 Å². The Morgan fingerprint density at radius 1 is 1.19 bits per heavy atom. The molecule has 1 N–H and O–H groups in total. The highest BCUT2D eigenvalue weighted by Crippen LogP contribution is 2.40. The molecule has 0 spiro atoms. The Hall–Kier alpha value is -2.97. The van der Waals surface area contributed by atoms with Crippen molar-refractivity contribution in [3.05, 3.63) is 76.0 Å². The van der Waals surface area contributed by atoms with Gasteiger partial charge >= 0.3 is 5.97 Å². The van der Waals surface area contributed by atoms with Crippen LogP contribution in [-0.2, 0) is 15.3 Å². The van der Waals surface area contributed by atoms with E-state index in [1.807, 2.05) is 69.3 Å². The smallest absolute Gasteiger partial charge is 0.338 e. The van der Waals surface area contributed by atoms with E-state index < -0.39 is 12.0 Å². The number of aromatic nitrogens is 3. The largest absolute Gasteiger partial charge is 0.493 e. The average molecular weight is 527 g/mol. The molecule has 1 atom stereocenters. The Kier molecular flexibility index (Phi) is 8.59. The molecule has 1 aliphatic rings. The van der Waals surface area contributed by atoms with Crippen LogP contribution in [0.3, 0.4) is 0 Å². The zero-order chi connectivity index (χ0) is 25.7. The van der Waals surface area contributed by atoms with Crippen molar-refractivity contribution >= 4 is 35.3 Å². The molecule has 0 fully saturated rings. The summed E-state index contributed by atoms with van der Waals surface area (Å²) in [4.78, 5) is 18.0. The maximum atomic E-state index is 13.3. The number of unbranched alkanes of at least 4 members (excludes halogenated alkanes) is 1. The first-order valence-electron chi connectivity index (χ1n) is 12.1. The maximum Gasteiger partial charge on any atom is 0.338 e. The lowest BCUT2D eigenvalue weighted by Gasteiger charge is -2.29. The topological polar surface area (TPSA) is 78.3 Å². The Balaban J connectivity index is 1.73. The summed E-state index contributed by atoms with van der Waals surface area (Å²) in [6.07, 6.45) is 1.71. The number of hydrogen-bond donors (Lipinski definition) is 1. The molecule has 2 aromatic carbocycles. The fraction of sp³-hybridized carbons (Fsp3) is 0.370. The summed E-state index contributed by atoms with van der Waals surface area (Å²) in [7, 11) is 0. The van der Waals surface area contributed by atoms with E-state index >= 15 is 0 Å². The van der Waals surface area contributed by atoms with Crippen LogP contribution >= 0.6 is 23.4 Å². The SMILES string of the molecule is CCCCOc1ccccc1C1C(C(=O)OC(C)C)=C(C)Nc2nc(SCc3ccccc3Cl)nn21. The molecule has 1 aromatic heterocycles. The van der Waals surface area contributed by atoms with Crippen LogP contribution in [0.1, 0.15) is 57.7 Å². The highest BCUT2D eigenvalue weighted by atomic mass is 35.5. The molecular weight excluding hydrogens is 496 g/mol. The predicted molar refractivity (Wildman–Crippen MR) is 144 cm³/mol. The quantitative estimate of drug-likeness (QED) is 0.180. The normalized spacial score (nSPS) is 15.0. The van der Waals surface area contributed by atoms with Crippen molar-refractivity contribution in [3.63, 3.8) is 0 Å². The van der Waals surface area contributed by atoms with Gasteiger partial charge in [0.25, 0.3) is 0 Å². The fourth-order valence-electron chi connectivity index (χ4n) is 3.94. The van der Waals surface area contributed by atoms with Crippen LogP contribution in [0, 0.1) is 0 Å². The van der Waals surface area contributed by atoms with E-state index in [2.05, 4.69) is 12.2 Å². The number of fused-ring (bicyclic) bond motifs is 1. The third kappa shape index (κ3) is 5.87. The molecule has 190 valence electrons. The summed E-state index contributed by atoms with van der Waals surface area (Å²) >= 11 is 7.82. The second kappa shape index (κ2) is 11.8. The minimum Gasteiger partial charge on any atom is -0.493 e. The van der Waals surface area contributed by atoms with Gasteiger partial charge in [-0.3, -0.25) is 0 Å². The number of ether oxygens (including phenoxy) is 2. The van der Waals surface area contributed by atoms with E-state index in [-0.39, 0.29) is 6.10 Å². The molecule has 0 radical (unpaired) electrons. The number of esters is 1. The van der Waals surface area contributed by atoms with E-state index in [1.54, 1.807) is 4.68 Å². The predicted octanol–water partition coefficient (Wildman–Crippen LogP) is 6.64. The van der Waals surface area contributed by atoms with Gasteiger partial charge in [0.15, 0.2) is 0 Å². The highest BCUT2D eigenvalue weighted by Gasteiger charge is 2.37. The molecule has 1 unspecified atom stereocenters. The van der Waals surface area contributed by atoms with E-state index in [0.717, 1.165) is 24.0 Å². The van der Waals surface area contributed by atoms with Crippen molar-refractivity contribution in [1.82, 2.24) is 14.8 Å². The van der Waals surface area contributed by atoms with Crippen LogP contribution in [0.5, 0.6) is 5.75 Å². The molecule has 2 heterocycles.